The number of ether oxygens (including phenoxy) is 1. The molecule has 1 aliphatic rings. The molecule has 3 aromatic carbocycles. The van der Waals surface area contributed by atoms with E-state index < -0.39 is 11.6 Å². The van der Waals surface area contributed by atoms with Gasteiger partial charge in [-0.1, -0.05) is 59.1 Å². The summed E-state index contributed by atoms with van der Waals surface area (Å²) in [5.74, 6) is 0.267. The van der Waals surface area contributed by atoms with E-state index in [4.69, 9.17) is 51.8 Å². The van der Waals surface area contributed by atoms with Gasteiger partial charge in [-0.3, -0.25) is 15.6 Å². The average molecular weight is 549 g/mol. The van der Waals surface area contributed by atoms with Gasteiger partial charge in [-0.25, -0.2) is 0 Å². The van der Waals surface area contributed by atoms with Gasteiger partial charge in [0.15, 0.2) is 5.11 Å². The molecule has 0 unspecified atom stereocenters. The molecule has 0 atom stereocenters. The second-order valence-corrected chi connectivity index (χ2v) is 8.87. The van der Waals surface area contributed by atoms with Crippen LogP contribution in [0.25, 0.3) is 0 Å². The summed E-state index contributed by atoms with van der Waals surface area (Å²) >= 11 is 23.4. The van der Waals surface area contributed by atoms with E-state index in [2.05, 4.69) is 36.8 Å². The minimum atomic E-state index is -1.44. The van der Waals surface area contributed by atoms with Crippen molar-refractivity contribution in [2.75, 3.05) is 5.32 Å². The second kappa shape index (κ2) is 11.0. The van der Waals surface area contributed by atoms with Crippen LogP contribution >= 0.6 is 47.0 Å². The predicted octanol–water partition coefficient (Wildman–Crippen LogP) is 6.83. The van der Waals surface area contributed by atoms with Gasteiger partial charge < -0.3 is 10.1 Å². The number of carbonyl (C=O) groups is 1. The first kappa shape index (κ1) is 24.8. The summed E-state index contributed by atoms with van der Waals surface area (Å²) in [4.78, 5) is 12.8. The zero-order chi connectivity index (χ0) is 24.8. The fraction of sp³-hybridized carbons (Fsp3) is 0.0909. The average Bonchev–Trinajstić information content (AvgIpc) is 3.29. The molecule has 13 heteroatoms. The molecule has 1 amide bonds. The number of halogens is 3. The van der Waals surface area contributed by atoms with E-state index in [1.54, 1.807) is 66.7 Å². The quantitative estimate of drug-likeness (QED) is 0.231. The van der Waals surface area contributed by atoms with Crippen molar-refractivity contribution >= 4 is 63.7 Å². The molecule has 3 N–H and O–H groups in total. The van der Waals surface area contributed by atoms with Crippen LogP contribution in [0.15, 0.2) is 87.4 Å². The Morgan fingerprint density at radius 2 is 1.63 bits per heavy atom. The van der Waals surface area contributed by atoms with Gasteiger partial charge in [0.2, 0.25) is 11.6 Å². The number of thiocarbonyl (C=S) groups is 1. The minimum Gasteiger partial charge on any atom is -0.455 e. The van der Waals surface area contributed by atoms with Crippen LogP contribution in [-0.4, -0.2) is 11.0 Å². The maximum atomic E-state index is 12.8. The summed E-state index contributed by atoms with van der Waals surface area (Å²) in [5, 5.41) is 19.9. The normalized spacial score (nSPS) is 13.3. The van der Waals surface area contributed by atoms with Crippen LogP contribution < -0.4 is 20.9 Å². The highest BCUT2D eigenvalue weighted by Crippen LogP contribution is 2.43. The summed E-state index contributed by atoms with van der Waals surface area (Å²) < 4.78 is 6.01. The molecule has 35 heavy (non-hydrogen) atoms. The molecular weight excluding hydrogens is 533 g/mol. The smallest absolute Gasteiger partial charge is 0.243 e. The Morgan fingerprint density at radius 3 is 2.37 bits per heavy atom. The maximum absolute atomic E-state index is 12.8. The number of amides is 1. The number of rotatable bonds is 6. The van der Waals surface area contributed by atoms with E-state index in [0.29, 0.717) is 37.8 Å². The number of benzene rings is 3. The summed E-state index contributed by atoms with van der Waals surface area (Å²) in [7, 11) is 0. The van der Waals surface area contributed by atoms with E-state index in [1.165, 1.54) is 0 Å². The Bertz CT molecular complexity index is 1320. The molecule has 1 aliphatic heterocycles. The lowest BCUT2D eigenvalue weighted by Gasteiger charge is -2.23. The SMILES string of the molecule is O=C(CC1(c2ccccc2Oc2ccc(Cl)cc2Cl)N=NN=N1)NNC(=S)Nc1cccc(Cl)c1. The maximum Gasteiger partial charge on any atom is 0.243 e. The Kier molecular flexibility index (Phi) is 7.76. The molecule has 178 valence electrons. The fourth-order valence-corrected chi connectivity index (χ4v) is 3.97. The van der Waals surface area contributed by atoms with Crippen LogP contribution in [0.4, 0.5) is 5.69 Å². The Labute approximate surface area is 220 Å². The molecule has 0 aliphatic carbocycles. The Hall–Kier alpha value is -3.31. The van der Waals surface area contributed by atoms with Gasteiger partial charge >= 0.3 is 0 Å². The summed E-state index contributed by atoms with van der Waals surface area (Å²) in [6.07, 6.45) is -0.235. The molecular formula is C22H16Cl3N7O2S. The largest absolute Gasteiger partial charge is 0.455 e. The van der Waals surface area contributed by atoms with Gasteiger partial charge in [0.25, 0.3) is 0 Å². The topological polar surface area (TPSA) is 112 Å². The van der Waals surface area contributed by atoms with E-state index in [-0.39, 0.29) is 11.5 Å². The number of nitrogens with zero attached hydrogens (tertiary/aromatic N) is 4. The van der Waals surface area contributed by atoms with Crippen LogP contribution in [0, 0.1) is 0 Å². The lowest BCUT2D eigenvalue weighted by molar-refractivity contribution is -0.122. The highest BCUT2D eigenvalue weighted by Gasteiger charge is 2.41. The van der Waals surface area contributed by atoms with Gasteiger partial charge in [0.05, 0.1) is 11.4 Å². The summed E-state index contributed by atoms with van der Waals surface area (Å²) in [6, 6.07) is 18.8. The molecule has 0 saturated carbocycles. The van der Waals surface area contributed by atoms with E-state index in [9.17, 15) is 4.79 Å². The van der Waals surface area contributed by atoms with E-state index in [0.717, 1.165) is 0 Å². The third kappa shape index (κ3) is 6.23. The monoisotopic (exact) mass is 547 g/mol. The number of hydrogen-bond donors (Lipinski definition) is 3. The first-order chi connectivity index (χ1) is 16.8. The van der Waals surface area contributed by atoms with Crippen molar-refractivity contribution in [2.45, 2.75) is 12.1 Å². The van der Waals surface area contributed by atoms with Gasteiger partial charge in [-0.05, 0) is 65.1 Å². The zero-order valence-corrected chi connectivity index (χ0v) is 20.8. The predicted molar refractivity (Wildman–Crippen MR) is 138 cm³/mol. The Balaban J connectivity index is 1.47. The van der Waals surface area contributed by atoms with Crippen molar-refractivity contribution in [1.29, 1.82) is 0 Å². The standard InChI is InChI=1S/C22H16Cl3N7O2S/c23-13-4-3-5-15(10-13)26-21(35)28-27-20(33)12-22(29-31-32-30-22)16-6-1-2-7-18(16)34-19-9-8-14(24)11-17(19)25/h1-11H,12H2,(H,27,33)(H2,26,28,35). The highest BCUT2D eigenvalue weighted by atomic mass is 35.5. The van der Waals surface area contributed by atoms with Crippen LogP contribution in [-0.2, 0) is 10.5 Å². The Morgan fingerprint density at radius 1 is 0.886 bits per heavy atom. The number of hydrogen-bond acceptors (Lipinski definition) is 7. The molecule has 9 nitrogen and oxygen atoms in total. The van der Waals surface area contributed by atoms with Crippen LogP contribution in [0.2, 0.25) is 15.1 Å². The number of para-hydroxylation sites is 1. The molecule has 4 rings (SSSR count). The number of anilines is 1. The fourth-order valence-electron chi connectivity index (χ4n) is 3.17. The van der Waals surface area contributed by atoms with E-state index in [1.807, 2.05) is 0 Å². The number of hydrazine groups is 1. The molecule has 0 fully saturated rings. The van der Waals surface area contributed by atoms with Crippen molar-refractivity contribution in [2.24, 2.45) is 20.7 Å². The summed E-state index contributed by atoms with van der Waals surface area (Å²) in [6.45, 7) is 0. The number of carbonyl (C=O) groups excluding carboxylic acids is 1. The van der Waals surface area contributed by atoms with Crippen molar-refractivity contribution in [1.82, 2.24) is 10.9 Å². The lowest BCUT2D eigenvalue weighted by Crippen LogP contribution is -2.45. The van der Waals surface area contributed by atoms with Gasteiger partial charge in [0.1, 0.15) is 11.5 Å². The molecule has 0 aromatic heterocycles. The molecule has 0 spiro atoms. The molecule has 0 bridgehead atoms. The van der Waals surface area contributed by atoms with Crippen molar-refractivity contribution < 1.29 is 9.53 Å². The van der Waals surface area contributed by atoms with Crippen LogP contribution in [0.5, 0.6) is 11.5 Å². The van der Waals surface area contributed by atoms with E-state index >= 15 is 0 Å². The molecule has 0 saturated heterocycles. The third-order valence-corrected chi connectivity index (χ3v) is 5.67. The van der Waals surface area contributed by atoms with Crippen LogP contribution in [0.3, 0.4) is 0 Å². The van der Waals surface area contributed by atoms with Crippen molar-refractivity contribution in [3.63, 3.8) is 0 Å². The van der Waals surface area contributed by atoms with Gasteiger partial charge in [-0.15, -0.1) is 10.2 Å². The van der Waals surface area contributed by atoms with Gasteiger partial charge in [-0.2, -0.15) is 0 Å². The minimum absolute atomic E-state index is 0.158. The number of nitrogens with one attached hydrogen (secondary N) is 3. The van der Waals surface area contributed by atoms with Crippen molar-refractivity contribution in [3.05, 3.63) is 87.4 Å². The van der Waals surface area contributed by atoms with Gasteiger partial charge in [0, 0.05) is 21.3 Å². The third-order valence-electron chi connectivity index (χ3n) is 4.70. The molecule has 0 radical (unpaired) electrons. The molecule has 1 heterocycles. The molecule has 3 aromatic rings. The van der Waals surface area contributed by atoms with Crippen molar-refractivity contribution in [3.8, 4) is 11.5 Å². The first-order valence-corrected chi connectivity index (χ1v) is 11.6. The zero-order valence-electron chi connectivity index (χ0n) is 17.7. The summed E-state index contributed by atoms with van der Waals surface area (Å²) in [5.41, 5.74) is 4.83. The second-order valence-electron chi connectivity index (χ2n) is 7.18. The van der Waals surface area contributed by atoms with Crippen LogP contribution in [0.1, 0.15) is 12.0 Å². The highest BCUT2D eigenvalue weighted by molar-refractivity contribution is 7.80. The lowest BCUT2D eigenvalue weighted by atomic mass is 9.96. The first-order valence-electron chi connectivity index (χ1n) is 10.0.